The van der Waals surface area contributed by atoms with Crippen LogP contribution >= 0.6 is 0 Å². The van der Waals surface area contributed by atoms with Gasteiger partial charge in [-0.1, -0.05) is 0 Å². The third-order valence-corrected chi connectivity index (χ3v) is 3.86. The predicted molar refractivity (Wildman–Crippen MR) is 69.8 cm³/mol. The monoisotopic (exact) mass is 246 g/mol. The Morgan fingerprint density at radius 1 is 1.56 bits per heavy atom. The summed E-state index contributed by atoms with van der Waals surface area (Å²) < 4.78 is 5.21. The molecule has 1 saturated heterocycles. The van der Waals surface area contributed by atoms with E-state index >= 15 is 0 Å². The quantitative estimate of drug-likeness (QED) is 0.866. The molecule has 2 atom stereocenters. The first-order valence-electron chi connectivity index (χ1n) is 6.07. The van der Waals surface area contributed by atoms with Crippen LogP contribution < -0.4 is 9.64 Å². The van der Waals surface area contributed by atoms with Crippen molar-refractivity contribution in [2.45, 2.75) is 31.9 Å². The Hall–Kier alpha value is -1.73. The van der Waals surface area contributed by atoms with Crippen molar-refractivity contribution in [2.24, 2.45) is 0 Å². The van der Waals surface area contributed by atoms with Gasteiger partial charge in [0.25, 0.3) is 0 Å². The third-order valence-electron chi connectivity index (χ3n) is 3.86. The molecule has 1 N–H and O–H groups in total. The van der Waals surface area contributed by atoms with Crippen LogP contribution in [-0.4, -0.2) is 30.4 Å². The summed E-state index contributed by atoms with van der Waals surface area (Å²) in [7, 11) is 1.56. The fourth-order valence-corrected chi connectivity index (χ4v) is 2.39. The summed E-state index contributed by atoms with van der Waals surface area (Å²) in [5.74, 6) is 0.578. The standard InChI is InChI=1S/C14H18N2O2/c1-10-14(2,17)6-7-16(10)12-5-4-11(9-15)13(8-12)18-3/h4-5,8,10,17H,6-7H2,1-3H3. The minimum absolute atomic E-state index is 0.0511. The number of anilines is 1. The van der Waals surface area contributed by atoms with Gasteiger partial charge in [0.15, 0.2) is 0 Å². The summed E-state index contributed by atoms with van der Waals surface area (Å²) >= 11 is 0. The normalized spacial score (nSPS) is 27.1. The highest BCUT2D eigenvalue weighted by molar-refractivity contribution is 5.58. The zero-order valence-electron chi connectivity index (χ0n) is 11.0. The fraction of sp³-hybridized carbons (Fsp3) is 0.500. The lowest BCUT2D eigenvalue weighted by atomic mass is 9.99. The van der Waals surface area contributed by atoms with E-state index in [1.807, 2.05) is 26.0 Å². The minimum atomic E-state index is -0.666. The molecule has 4 heteroatoms. The van der Waals surface area contributed by atoms with E-state index in [1.54, 1.807) is 13.2 Å². The van der Waals surface area contributed by atoms with Crippen molar-refractivity contribution in [1.29, 1.82) is 5.26 Å². The van der Waals surface area contributed by atoms with E-state index in [0.29, 0.717) is 11.3 Å². The third kappa shape index (κ3) is 2.02. The molecule has 1 aliphatic heterocycles. The van der Waals surface area contributed by atoms with E-state index in [-0.39, 0.29) is 6.04 Å². The van der Waals surface area contributed by atoms with Crippen LogP contribution in [0.4, 0.5) is 5.69 Å². The molecule has 1 heterocycles. The molecule has 0 amide bonds. The maximum absolute atomic E-state index is 10.2. The molecule has 2 unspecified atom stereocenters. The Kier molecular flexibility index (Phi) is 3.18. The number of rotatable bonds is 2. The number of hydrogen-bond donors (Lipinski definition) is 1. The predicted octanol–water partition coefficient (Wildman–Crippen LogP) is 1.92. The summed E-state index contributed by atoms with van der Waals surface area (Å²) in [5, 5.41) is 19.2. The van der Waals surface area contributed by atoms with Crippen molar-refractivity contribution >= 4 is 5.69 Å². The molecule has 4 nitrogen and oxygen atoms in total. The molecule has 96 valence electrons. The Morgan fingerprint density at radius 3 is 2.78 bits per heavy atom. The van der Waals surface area contributed by atoms with Crippen LogP contribution in [0.2, 0.25) is 0 Å². The first kappa shape index (κ1) is 12.7. The first-order chi connectivity index (χ1) is 8.49. The second-order valence-corrected chi connectivity index (χ2v) is 4.97. The number of benzene rings is 1. The number of hydrogen-bond acceptors (Lipinski definition) is 4. The van der Waals surface area contributed by atoms with Crippen LogP contribution in [-0.2, 0) is 0 Å². The molecular formula is C14H18N2O2. The van der Waals surface area contributed by atoms with Gasteiger partial charge in [0.2, 0.25) is 0 Å². The van der Waals surface area contributed by atoms with E-state index < -0.39 is 5.60 Å². The number of ether oxygens (including phenoxy) is 1. The largest absolute Gasteiger partial charge is 0.495 e. The van der Waals surface area contributed by atoms with Crippen molar-refractivity contribution in [1.82, 2.24) is 0 Å². The van der Waals surface area contributed by atoms with E-state index in [1.165, 1.54) is 0 Å². The Balaban J connectivity index is 2.33. The fourth-order valence-electron chi connectivity index (χ4n) is 2.39. The van der Waals surface area contributed by atoms with E-state index in [0.717, 1.165) is 18.7 Å². The van der Waals surface area contributed by atoms with Gasteiger partial charge in [-0.2, -0.15) is 5.26 Å². The highest BCUT2D eigenvalue weighted by Gasteiger charge is 2.39. The van der Waals surface area contributed by atoms with Crippen molar-refractivity contribution < 1.29 is 9.84 Å². The van der Waals surface area contributed by atoms with Gasteiger partial charge < -0.3 is 14.7 Å². The Morgan fingerprint density at radius 2 is 2.28 bits per heavy atom. The first-order valence-corrected chi connectivity index (χ1v) is 6.07. The number of nitriles is 1. The highest BCUT2D eigenvalue weighted by Crippen LogP contribution is 2.34. The van der Waals surface area contributed by atoms with E-state index in [4.69, 9.17) is 10.00 Å². The van der Waals surface area contributed by atoms with Crippen LogP contribution in [0.3, 0.4) is 0 Å². The summed E-state index contributed by atoms with van der Waals surface area (Å²) in [5.41, 5.74) is 0.845. The smallest absolute Gasteiger partial charge is 0.138 e. The maximum atomic E-state index is 10.2. The van der Waals surface area contributed by atoms with Gasteiger partial charge >= 0.3 is 0 Å². The van der Waals surface area contributed by atoms with Gasteiger partial charge in [-0.15, -0.1) is 0 Å². The molecule has 1 aromatic carbocycles. The lowest BCUT2D eigenvalue weighted by Gasteiger charge is -2.30. The van der Waals surface area contributed by atoms with Crippen molar-refractivity contribution in [3.05, 3.63) is 23.8 Å². The molecule has 0 aromatic heterocycles. The average molecular weight is 246 g/mol. The second-order valence-electron chi connectivity index (χ2n) is 4.97. The van der Waals surface area contributed by atoms with E-state index in [9.17, 15) is 5.11 Å². The summed E-state index contributed by atoms with van der Waals surface area (Å²) in [6, 6.07) is 7.67. The topological polar surface area (TPSA) is 56.5 Å². The number of nitrogens with zero attached hydrogens (tertiary/aromatic N) is 2. The molecule has 1 aliphatic rings. The molecule has 0 spiro atoms. The van der Waals surface area contributed by atoms with E-state index in [2.05, 4.69) is 11.0 Å². The van der Waals surface area contributed by atoms with Crippen LogP contribution in [0.25, 0.3) is 0 Å². The minimum Gasteiger partial charge on any atom is -0.495 e. The molecule has 0 radical (unpaired) electrons. The number of methoxy groups -OCH3 is 1. The molecule has 0 aliphatic carbocycles. The maximum Gasteiger partial charge on any atom is 0.138 e. The highest BCUT2D eigenvalue weighted by atomic mass is 16.5. The van der Waals surface area contributed by atoms with Gasteiger partial charge in [0, 0.05) is 18.3 Å². The summed E-state index contributed by atoms with van der Waals surface area (Å²) in [6.07, 6.45) is 0.747. The molecule has 1 fully saturated rings. The van der Waals surface area contributed by atoms with Gasteiger partial charge in [0.1, 0.15) is 11.8 Å². The lowest BCUT2D eigenvalue weighted by Crippen LogP contribution is -2.40. The lowest BCUT2D eigenvalue weighted by molar-refractivity contribution is 0.0566. The van der Waals surface area contributed by atoms with Crippen LogP contribution in [0.15, 0.2) is 18.2 Å². The van der Waals surface area contributed by atoms with Gasteiger partial charge in [-0.3, -0.25) is 0 Å². The molecule has 1 aromatic rings. The van der Waals surface area contributed by atoms with Crippen molar-refractivity contribution in [2.75, 3.05) is 18.6 Å². The van der Waals surface area contributed by atoms with Crippen LogP contribution in [0, 0.1) is 11.3 Å². The summed E-state index contributed by atoms with van der Waals surface area (Å²) in [4.78, 5) is 2.14. The van der Waals surface area contributed by atoms with Crippen molar-refractivity contribution in [3.63, 3.8) is 0 Å². The average Bonchev–Trinajstić information content (AvgIpc) is 2.64. The molecular weight excluding hydrogens is 228 g/mol. The molecule has 18 heavy (non-hydrogen) atoms. The molecule has 2 rings (SSSR count). The Bertz CT molecular complexity index is 491. The molecule has 0 bridgehead atoms. The Labute approximate surface area is 107 Å². The van der Waals surface area contributed by atoms with Crippen LogP contribution in [0.5, 0.6) is 5.75 Å². The summed E-state index contributed by atoms with van der Waals surface area (Å²) in [6.45, 7) is 4.68. The van der Waals surface area contributed by atoms with Gasteiger partial charge in [-0.25, -0.2) is 0 Å². The molecule has 0 saturated carbocycles. The second kappa shape index (κ2) is 4.51. The van der Waals surface area contributed by atoms with Crippen molar-refractivity contribution in [3.8, 4) is 11.8 Å². The van der Waals surface area contributed by atoms with Gasteiger partial charge in [0.05, 0.1) is 24.3 Å². The zero-order valence-corrected chi connectivity index (χ0v) is 11.0. The van der Waals surface area contributed by atoms with Gasteiger partial charge in [-0.05, 0) is 32.4 Å². The van der Waals surface area contributed by atoms with Crippen LogP contribution in [0.1, 0.15) is 25.8 Å². The number of aliphatic hydroxyl groups is 1. The SMILES string of the molecule is COc1cc(N2CCC(C)(O)C2C)ccc1C#N. The zero-order chi connectivity index (χ0) is 13.3.